The van der Waals surface area contributed by atoms with Crippen LogP contribution in [0.3, 0.4) is 0 Å². The third kappa shape index (κ3) is 1.83. The van der Waals surface area contributed by atoms with E-state index in [1.54, 1.807) is 0 Å². The molecule has 0 spiro atoms. The summed E-state index contributed by atoms with van der Waals surface area (Å²) in [4.78, 5) is 12.4. The number of rotatable bonds is 0. The quantitative estimate of drug-likeness (QED) is 0.717. The lowest BCUT2D eigenvalue weighted by atomic mass is 9.51. The minimum atomic E-state index is -0.795. The fourth-order valence-corrected chi connectivity index (χ4v) is 6.24. The molecule has 1 heterocycles. The van der Waals surface area contributed by atoms with Gasteiger partial charge in [-0.1, -0.05) is 13.8 Å². The SMILES string of the molecule is C[C@]12CC[C@@H](O)C[C@@H]1CC[C@@H]1[C@@H]2OC[C@]2(C)C(=O)[C@@H](O)C[C@@H]12. The molecule has 0 aromatic rings. The maximum Gasteiger partial charge on any atom is 0.169 e. The standard InChI is InChI=1S/C18H28O4/c1-17-6-5-11(19)7-10(17)3-4-12-13-8-14(20)15(21)18(13,2)9-22-16(12)17/h10-14,16,19-20H,3-9H2,1-2H3/t10-,11+,12-,13-,14-,16-,17-,18-/m0/s1. The Morgan fingerprint density at radius 3 is 2.68 bits per heavy atom. The van der Waals surface area contributed by atoms with E-state index < -0.39 is 11.5 Å². The third-order valence-corrected chi connectivity index (χ3v) is 7.63. The van der Waals surface area contributed by atoms with Crippen LogP contribution in [0.4, 0.5) is 0 Å². The Morgan fingerprint density at radius 2 is 1.91 bits per heavy atom. The molecule has 4 aliphatic rings. The molecule has 2 N–H and O–H groups in total. The van der Waals surface area contributed by atoms with Gasteiger partial charge in [-0.25, -0.2) is 0 Å². The van der Waals surface area contributed by atoms with Crippen LogP contribution < -0.4 is 0 Å². The number of ether oxygens (including phenoxy) is 1. The normalized spacial score (nSPS) is 57.9. The second-order valence-corrected chi connectivity index (χ2v) is 8.74. The second-order valence-electron chi connectivity index (χ2n) is 8.74. The van der Waals surface area contributed by atoms with Gasteiger partial charge in [-0.3, -0.25) is 4.79 Å². The third-order valence-electron chi connectivity index (χ3n) is 7.63. The number of hydrogen-bond acceptors (Lipinski definition) is 4. The summed E-state index contributed by atoms with van der Waals surface area (Å²) in [6.07, 6.45) is 4.82. The molecule has 4 rings (SSSR count). The minimum absolute atomic E-state index is 0.0118. The minimum Gasteiger partial charge on any atom is -0.393 e. The van der Waals surface area contributed by atoms with E-state index in [4.69, 9.17) is 4.74 Å². The van der Waals surface area contributed by atoms with Gasteiger partial charge in [-0.05, 0) is 61.7 Å². The van der Waals surface area contributed by atoms with Crippen LogP contribution >= 0.6 is 0 Å². The van der Waals surface area contributed by atoms with Crippen LogP contribution in [0.5, 0.6) is 0 Å². The Bertz CT molecular complexity index is 491. The van der Waals surface area contributed by atoms with Crippen molar-refractivity contribution in [3.8, 4) is 0 Å². The number of aliphatic hydroxyl groups excluding tert-OH is 2. The zero-order chi connectivity index (χ0) is 15.7. The van der Waals surface area contributed by atoms with Crippen molar-refractivity contribution in [2.75, 3.05) is 6.61 Å². The number of aliphatic hydroxyl groups is 2. The summed E-state index contributed by atoms with van der Waals surface area (Å²) >= 11 is 0. The topological polar surface area (TPSA) is 66.8 Å². The summed E-state index contributed by atoms with van der Waals surface area (Å²) in [6.45, 7) is 4.78. The summed E-state index contributed by atoms with van der Waals surface area (Å²) in [6, 6.07) is 0. The smallest absolute Gasteiger partial charge is 0.169 e. The monoisotopic (exact) mass is 308 g/mol. The lowest BCUT2D eigenvalue weighted by Crippen LogP contribution is -2.59. The Hall–Kier alpha value is -0.450. The summed E-state index contributed by atoms with van der Waals surface area (Å²) in [5.74, 6) is 1.17. The highest BCUT2D eigenvalue weighted by molar-refractivity contribution is 5.91. The lowest BCUT2D eigenvalue weighted by Gasteiger charge is -2.59. The average molecular weight is 308 g/mol. The molecule has 1 saturated heterocycles. The number of carbonyl (C=O) groups is 1. The highest BCUT2D eigenvalue weighted by Crippen LogP contribution is 2.61. The van der Waals surface area contributed by atoms with Gasteiger partial charge in [0.05, 0.1) is 24.2 Å². The molecule has 0 aromatic carbocycles. The number of ketones is 1. The van der Waals surface area contributed by atoms with Crippen LogP contribution in [0.15, 0.2) is 0 Å². The maximum absolute atomic E-state index is 12.4. The lowest BCUT2D eigenvalue weighted by molar-refractivity contribution is -0.213. The molecule has 0 unspecified atom stereocenters. The Balaban J connectivity index is 1.64. The van der Waals surface area contributed by atoms with Gasteiger partial charge in [0.1, 0.15) is 6.10 Å². The van der Waals surface area contributed by atoms with Crippen molar-refractivity contribution < 1.29 is 19.7 Å². The van der Waals surface area contributed by atoms with E-state index in [0.717, 1.165) is 32.1 Å². The molecule has 4 fully saturated rings. The highest BCUT2D eigenvalue weighted by Gasteiger charge is 2.63. The average Bonchev–Trinajstić information content (AvgIpc) is 2.72. The van der Waals surface area contributed by atoms with Gasteiger partial charge in [0.15, 0.2) is 5.78 Å². The van der Waals surface area contributed by atoms with E-state index in [1.165, 1.54) is 0 Å². The number of fused-ring (bicyclic) bond motifs is 5. The predicted octanol–water partition coefficient (Wildman–Crippen LogP) is 1.92. The maximum atomic E-state index is 12.4. The second kappa shape index (κ2) is 4.78. The summed E-state index contributed by atoms with van der Waals surface area (Å²) < 4.78 is 6.31. The van der Waals surface area contributed by atoms with E-state index >= 15 is 0 Å². The van der Waals surface area contributed by atoms with Crippen molar-refractivity contribution in [2.45, 2.75) is 70.7 Å². The fourth-order valence-electron chi connectivity index (χ4n) is 6.24. The summed E-state index contributed by atoms with van der Waals surface area (Å²) in [7, 11) is 0. The summed E-state index contributed by atoms with van der Waals surface area (Å²) in [5, 5.41) is 20.1. The van der Waals surface area contributed by atoms with Crippen molar-refractivity contribution in [1.82, 2.24) is 0 Å². The first kappa shape index (κ1) is 15.1. The Morgan fingerprint density at radius 1 is 1.14 bits per heavy atom. The Labute approximate surface area is 132 Å². The zero-order valence-corrected chi connectivity index (χ0v) is 13.6. The van der Waals surface area contributed by atoms with Crippen LogP contribution in [-0.4, -0.2) is 40.9 Å². The molecule has 22 heavy (non-hydrogen) atoms. The molecule has 1 aliphatic heterocycles. The molecule has 0 bridgehead atoms. The van der Waals surface area contributed by atoms with E-state index in [9.17, 15) is 15.0 Å². The van der Waals surface area contributed by atoms with Crippen molar-refractivity contribution >= 4 is 5.78 Å². The van der Waals surface area contributed by atoms with Gasteiger partial charge in [-0.2, -0.15) is 0 Å². The molecule has 8 atom stereocenters. The van der Waals surface area contributed by atoms with Gasteiger partial charge in [0, 0.05) is 0 Å². The summed E-state index contributed by atoms with van der Waals surface area (Å²) in [5.41, 5.74) is -0.363. The van der Waals surface area contributed by atoms with Gasteiger partial charge >= 0.3 is 0 Å². The van der Waals surface area contributed by atoms with Gasteiger partial charge in [-0.15, -0.1) is 0 Å². The highest BCUT2D eigenvalue weighted by atomic mass is 16.5. The molecule has 3 saturated carbocycles. The predicted molar refractivity (Wildman–Crippen MR) is 81.1 cm³/mol. The van der Waals surface area contributed by atoms with Gasteiger partial charge < -0.3 is 14.9 Å². The molecule has 0 radical (unpaired) electrons. The van der Waals surface area contributed by atoms with Crippen LogP contribution in [0.25, 0.3) is 0 Å². The largest absolute Gasteiger partial charge is 0.393 e. The molecule has 4 nitrogen and oxygen atoms in total. The van der Waals surface area contributed by atoms with Gasteiger partial charge in [0.2, 0.25) is 0 Å². The number of carbonyl (C=O) groups excluding carboxylic acids is 1. The number of hydrogen-bond donors (Lipinski definition) is 2. The first-order chi connectivity index (χ1) is 10.4. The van der Waals surface area contributed by atoms with Crippen LogP contribution in [0.2, 0.25) is 0 Å². The molecule has 124 valence electrons. The molecular weight excluding hydrogens is 280 g/mol. The fraction of sp³-hybridized carbons (Fsp3) is 0.944. The van der Waals surface area contributed by atoms with E-state index in [2.05, 4.69) is 6.92 Å². The zero-order valence-electron chi connectivity index (χ0n) is 13.6. The molecule has 0 amide bonds. The van der Waals surface area contributed by atoms with Crippen LogP contribution in [0, 0.1) is 28.6 Å². The van der Waals surface area contributed by atoms with E-state index in [-0.39, 0.29) is 29.3 Å². The van der Waals surface area contributed by atoms with Crippen molar-refractivity contribution in [2.24, 2.45) is 28.6 Å². The van der Waals surface area contributed by atoms with Crippen molar-refractivity contribution in [3.05, 3.63) is 0 Å². The molecule has 0 aromatic heterocycles. The van der Waals surface area contributed by atoms with Crippen molar-refractivity contribution in [3.63, 3.8) is 0 Å². The molecule has 3 aliphatic carbocycles. The van der Waals surface area contributed by atoms with E-state index in [1.807, 2.05) is 6.92 Å². The van der Waals surface area contributed by atoms with E-state index in [0.29, 0.717) is 24.9 Å². The Kier molecular flexibility index (Phi) is 3.28. The molecule has 4 heteroatoms. The van der Waals surface area contributed by atoms with Crippen molar-refractivity contribution in [1.29, 1.82) is 0 Å². The van der Waals surface area contributed by atoms with Crippen LogP contribution in [-0.2, 0) is 9.53 Å². The first-order valence-corrected chi connectivity index (χ1v) is 8.88. The van der Waals surface area contributed by atoms with Crippen LogP contribution in [0.1, 0.15) is 52.4 Å². The van der Waals surface area contributed by atoms with Gasteiger partial charge in [0.25, 0.3) is 0 Å². The number of Topliss-reactive ketones (excluding diaryl/α,β-unsaturated/α-hetero) is 1. The first-order valence-electron chi connectivity index (χ1n) is 8.88. The molecular formula is C18H28O4.